The van der Waals surface area contributed by atoms with Gasteiger partial charge in [-0.3, -0.25) is 14.5 Å². The van der Waals surface area contributed by atoms with E-state index in [1.165, 1.54) is 0 Å². The number of pyridine rings is 1. The largest absolute Gasteiger partial charge is 0.348 e. The van der Waals surface area contributed by atoms with Gasteiger partial charge in [-0.15, -0.1) is 0 Å². The number of benzene rings is 1. The first-order valence-electron chi connectivity index (χ1n) is 7.10. The molecule has 0 aliphatic rings. The number of amides is 1. The Labute approximate surface area is 138 Å². The van der Waals surface area contributed by atoms with Crippen molar-refractivity contribution in [2.24, 2.45) is 7.05 Å². The quantitative estimate of drug-likeness (QED) is 0.801. The molecular formula is C17H15ClN4O. The maximum absolute atomic E-state index is 12.2. The number of aromatic nitrogens is 3. The molecule has 0 saturated carbocycles. The topological polar surface area (TPSA) is 59.8 Å². The van der Waals surface area contributed by atoms with Crippen LogP contribution in [-0.4, -0.2) is 20.7 Å². The summed E-state index contributed by atoms with van der Waals surface area (Å²) < 4.78 is 1.72. The first-order chi connectivity index (χ1) is 11.1. The van der Waals surface area contributed by atoms with Crippen molar-refractivity contribution >= 4 is 17.5 Å². The second-order valence-corrected chi connectivity index (χ2v) is 5.54. The van der Waals surface area contributed by atoms with Gasteiger partial charge in [0.1, 0.15) is 0 Å². The molecule has 0 spiro atoms. The molecule has 0 bridgehead atoms. The molecule has 2 aromatic heterocycles. The number of nitrogens with one attached hydrogen (secondary N) is 1. The molecule has 116 valence electrons. The number of aryl methyl sites for hydroxylation is 1. The van der Waals surface area contributed by atoms with Gasteiger partial charge in [-0.25, -0.2) is 0 Å². The second kappa shape index (κ2) is 6.62. The molecule has 0 radical (unpaired) electrons. The molecule has 2 heterocycles. The summed E-state index contributed by atoms with van der Waals surface area (Å²) in [5.74, 6) is -0.150. The highest BCUT2D eigenvalue weighted by molar-refractivity contribution is 6.30. The van der Waals surface area contributed by atoms with Crippen LogP contribution in [0.4, 0.5) is 0 Å². The molecule has 1 aromatic carbocycles. The van der Waals surface area contributed by atoms with Crippen molar-refractivity contribution in [1.29, 1.82) is 0 Å². The van der Waals surface area contributed by atoms with E-state index in [0.29, 0.717) is 17.1 Å². The van der Waals surface area contributed by atoms with E-state index in [-0.39, 0.29) is 5.91 Å². The van der Waals surface area contributed by atoms with Crippen molar-refractivity contribution in [2.75, 3.05) is 0 Å². The maximum atomic E-state index is 12.2. The van der Waals surface area contributed by atoms with Gasteiger partial charge in [-0.1, -0.05) is 17.7 Å². The van der Waals surface area contributed by atoms with E-state index in [4.69, 9.17) is 11.6 Å². The predicted octanol–water partition coefficient (Wildman–Crippen LogP) is 3.07. The fraction of sp³-hybridized carbons (Fsp3) is 0.118. The van der Waals surface area contributed by atoms with Crippen LogP contribution >= 0.6 is 11.6 Å². The third-order valence-corrected chi connectivity index (χ3v) is 3.67. The Morgan fingerprint density at radius 1 is 1.26 bits per heavy atom. The Kier molecular flexibility index (Phi) is 4.39. The van der Waals surface area contributed by atoms with Crippen LogP contribution in [0.25, 0.3) is 11.3 Å². The van der Waals surface area contributed by atoms with E-state index in [1.807, 2.05) is 25.4 Å². The lowest BCUT2D eigenvalue weighted by Crippen LogP contribution is -2.23. The maximum Gasteiger partial charge on any atom is 0.251 e. The molecule has 3 aromatic rings. The minimum atomic E-state index is -0.150. The lowest BCUT2D eigenvalue weighted by Gasteiger charge is -2.09. The Hall–Kier alpha value is -2.66. The minimum absolute atomic E-state index is 0.150. The second-order valence-electron chi connectivity index (χ2n) is 5.10. The van der Waals surface area contributed by atoms with Gasteiger partial charge >= 0.3 is 0 Å². The zero-order valence-corrected chi connectivity index (χ0v) is 13.3. The number of carbonyl (C=O) groups excluding carboxylic acids is 1. The van der Waals surface area contributed by atoms with Gasteiger partial charge in [0.2, 0.25) is 0 Å². The molecule has 0 fully saturated rings. The van der Waals surface area contributed by atoms with Crippen molar-refractivity contribution in [3.63, 3.8) is 0 Å². The van der Waals surface area contributed by atoms with Crippen LogP contribution in [-0.2, 0) is 13.6 Å². The number of hydrogen-bond acceptors (Lipinski definition) is 3. The molecular weight excluding hydrogens is 312 g/mol. The molecule has 0 aliphatic heterocycles. The Morgan fingerprint density at radius 3 is 2.74 bits per heavy atom. The zero-order chi connectivity index (χ0) is 16.2. The first-order valence-corrected chi connectivity index (χ1v) is 7.48. The van der Waals surface area contributed by atoms with E-state index in [1.54, 1.807) is 41.3 Å². The van der Waals surface area contributed by atoms with E-state index >= 15 is 0 Å². The van der Waals surface area contributed by atoms with E-state index in [9.17, 15) is 4.79 Å². The van der Waals surface area contributed by atoms with E-state index in [2.05, 4.69) is 15.4 Å². The first kappa shape index (κ1) is 15.2. The summed E-state index contributed by atoms with van der Waals surface area (Å²) in [6.07, 6.45) is 5.38. The normalized spacial score (nSPS) is 10.5. The number of carbonyl (C=O) groups is 1. The molecule has 0 unspecified atom stereocenters. The molecule has 3 rings (SSSR count). The lowest BCUT2D eigenvalue weighted by atomic mass is 10.1. The van der Waals surface area contributed by atoms with Crippen LogP contribution in [0.15, 0.2) is 55.0 Å². The van der Waals surface area contributed by atoms with Crippen LogP contribution in [0.5, 0.6) is 0 Å². The molecule has 23 heavy (non-hydrogen) atoms. The summed E-state index contributed by atoms with van der Waals surface area (Å²) in [4.78, 5) is 16.6. The Morgan fingerprint density at radius 2 is 2.04 bits per heavy atom. The summed E-state index contributed by atoms with van der Waals surface area (Å²) >= 11 is 5.83. The van der Waals surface area contributed by atoms with E-state index in [0.717, 1.165) is 16.8 Å². The van der Waals surface area contributed by atoms with E-state index < -0.39 is 0 Å². The molecule has 0 aliphatic carbocycles. The SMILES string of the molecule is Cn1cc(-c2ncccc2CNC(=O)c2ccc(Cl)cc2)cn1. The van der Waals surface area contributed by atoms with Gasteiger partial charge in [0.05, 0.1) is 11.9 Å². The lowest BCUT2D eigenvalue weighted by molar-refractivity contribution is 0.0951. The average Bonchev–Trinajstić information content (AvgIpc) is 3.00. The van der Waals surface area contributed by atoms with Crippen molar-refractivity contribution in [2.45, 2.75) is 6.54 Å². The number of rotatable bonds is 4. The van der Waals surface area contributed by atoms with Crippen molar-refractivity contribution in [3.05, 3.63) is 71.1 Å². The van der Waals surface area contributed by atoms with Gasteiger partial charge < -0.3 is 5.32 Å². The molecule has 0 saturated heterocycles. The molecule has 1 N–H and O–H groups in total. The molecule has 1 amide bonds. The third-order valence-electron chi connectivity index (χ3n) is 3.42. The highest BCUT2D eigenvalue weighted by atomic mass is 35.5. The number of halogens is 1. The van der Waals surface area contributed by atoms with Crippen LogP contribution in [0.3, 0.4) is 0 Å². The molecule has 5 nitrogen and oxygen atoms in total. The van der Waals surface area contributed by atoms with Crippen LogP contribution in [0.1, 0.15) is 15.9 Å². The third kappa shape index (κ3) is 3.57. The smallest absolute Gasteiger partial charge is 0.251 e. The van der Waals surface area contributed by atoms with Crippen molar-refractivity contribution < 1.29 is 4.79 Å². The van der Waals surface area contributed by atoms with Crippen molar-refractivity contribution in [1.82, 2.24) is 20.1 Å². The number of nitrogens with zero attached hydrogens (tertiary/aromatic N) is 3. The summed E-state index contributed by atoms with van der Waals surface area (Å²) in [7, 11) is 1.86. The van der Waals surface area contributed by atoms with Gasteiger partial charge in [-0.05, 0) is 35.9 Å². The Balaban J connectivity index is 1.76. The highest BCUT2D eigenvalue weighted by Crippen LogP contribution is 2.20. The minimum Gasteiger partial charge on any atom is -0.348 e. The molecule has 6 heteroatoms. The van der Waals surface area contributed by atoms with Crippen LogP contribution in [0, 0.1) is 0 Å². The van der Waals surface area contributed by atoms with Crippen LogP contribution < -0.4 is 5.32 Å². The standard InChI is InChI=1S/C17H15ClN4O/c1-22-11-14(10-21-22)16-13(3-2-8-19-16)9-20-17(23)12-4-6-15(18)7-5-12/h2-8,10-11H,9H2,1H3,(H,20,23). The zero-order valence-electron chi connectivity index (χ0n) is 12.5. The van der Waals surface area contributed by atoms with Crippen molar-refractivity contribution in [3.8, 4) is 11.3 Å². The average molecular weight is 327 g/mol. The molecule has 0 atom stereocenters. The van der Waals surface area contributed by atoms with Gasteiger partial charge in [0.25, 0.3) is 5.91 Å². The predicted molar refractivity (Wildman–Crippen MR) is 89.1 cm³/mol. The Bertz CT molecular complexity index is 827. The summed E-state index contributed by atoms with van der Waals surface area (Å²) in [5, 5.41) is 7.67. The van der Waals surface area contributed by atoms with Crippen LogP contribution in [0.2, 0.25) is 5.02 Å². The number of hydrogen-bond donors (Lipinski definition) is 1. The fourth-order valence-corrected chi connectivity index (χ4v) is 2.39. The van der Waals surface area contributed by atoms with Gasteiger partial charge in [0.15, 0.2) is 0 Å². The van der Waals surface area contributed by atoms with Gasteiger partial charge in [-0.2, -0.15) is 5.10 Å². The van der Waals surface area contributed by atoms with Gasteiger partial charge in [0, 0.05) is 42.1 Å². The monoisotopic (exact) mass is 326 g/mol. The highest BCUT2D eigenvalue weighted by Gasteiger charge is 2.10. The summed E-state index contributed by atoms with van der Waals surface area (Å²) in [6.45, 7) is 0.388. The summed E-state index contributed by atoms with van der Waals surface area (Å²) in [6, 6.07) is 10.6. The summed E-state index contributed by atoms with van der Waals surface area (Å²) in [5.41, 5.74) is 3.24. The fourth-order valence-electron chi connectivity index (χ4n) is 2.26.